The molecule has 6 nitrogen and oxygen atoms in total. The van der Waals surface area contributed by atoms with Gasteiger partial charge in [0.15, 0.2) is 0 Å². The minimum atomic E-state index is -0.558. The highest BCUT2D eigenvalue weighted by atomic mass is 16.5. The van der Waals surface area contributed by atoms with Crippen molar-refractivity contribution in [3.63, 3.8) is 0 Å². The van der Waals surface area contributed by atoms with Crippen LogP contribution in [0.3, 0.4) is 0 Å². The summed E-state index contributed by atoms with van der Waals surface area (Å²) in [5.41, 5.74) is 7.23. The number of carbonyl (C=O) groups is 2. The van der Waals surface area contributed by atoms with Gasteiger partial charge in [0.25, 0.3) is 11.8 Å². The summed E-state index contributed by atoms with van der Waals surface area (Å²) in [5.74, 6) is -0.374. The van der Waals surface area contributed by atoms with Gasteiger partial charge in [-0.05, 0) is 18.2 Å². The maximum absolute atomic E-state index is 11.8. The highest BCUT2D eigenvalue weighted by Crippen LogP contribution is 2.30. The zero-order chi connectivity index (χ0) is 13.6. The molecule has 0 radical (unpaired) electrons. The molecular formula is C13H11N3O3. The lowest BCUT2D eigenvalue weighted by Gasteiger charge is -2.02. The van der Waals surface area contributed by atoms with E-state index in [2.05, 4.69) is 10.3 Å². The van der Waals surface area contributed by atoms with Gasteiger partial charge in [0.05, 0.1) is 12.7 Å². The molecule has 2 amide bonds. The van der Waals surface area contributed by atoms with Crippen LogP contribution < -0.4 is 15.8 Å². The number of amides is 2. The molecule has 2 heterocycles. The second kappa shape index (κ2) is 3.88. The van der Waals surface area contributed by atoms with Gasteiger partial charge in [-0.15, -0.1) is 0 Å². The van der Waals surface area contributed by atoms with E-state index in [9.17, 15) is 9.59 Å². The third kappa shape index (κ3) is 1.57. The molecule has 1 aromatic heterocycles. The van der Waals surface area contributed by atoms with Crippen LogP contribution in [0.5, 0.6) is 5.75 Å². The Labute approximate surface area is 108 Å². The summed E-state index contributed by atoms with van der Waals surface area (Å²) < 4.78 is 5.16. The van der Waals surface area contributed by atoms with Gasteiger partial charge < -0.3 is 15.5 Å². The van der Waals surface area contributed by atoms with E-state index >= 15 is 0 Å². The predicted molar refractivity (Wildman–Crippen MR) is 69.1 cm³/mol. The maximum atomic E-state index is 11.8. The molecule has 1 aromatic carbocycles. The number of nitrogens with two attached hydrogens (primary N) is 1. The summed E-state index contributed by atoms with van der Waals surface area (Å²) in [6.45, 7) is 0. The number of benzene rings is 1. The van der Waals surface area contributed by atoms with Crippen molar-refractivity contribution in [2.24, 2.45) is 5.73 Å². The molecule has 0 bridgehead atoms. The molecule has 0 unspecified atom stereocenters. The van der Waals surface area contributed by atoms with E-state index in [1.54, 1.807) is 25.4 Å². The molecule has 0 spiro atoms. The molecule has 1 aliphatic heterocycles. The summed E-state index contributed by atoms with van der Waals surface area (Å²) in [5, 5.41) is 2.96. The number of hydrogen-bond donors (Lipinski definition) is 3. The zero-order valence-electron chi connectivity index (χ0n) is 10.1. The number of aromatic nitrogens is 1. The lowest BCUT2D eigenvalue weighted by Crippen LogP contribution is -2.24. The predicted octanol–water partition coefficient (Wildman–Crippen LogP) is 0.503. The normalized spacial score (nSPS) is 15.2. The second-order valence-electron chi connectivity index (χ2n) is 4.19. The summed E-state index contributed by atoms with van der Waals surface area (Å²) in [6.07, 6.45) is 1.66. The highest BCUT2D eigenvalue weighted by Gasteiger charge is 2.30. The van der Waals surface area contributed by atoms with E-state index in [-0.39, 0.29) is 11.3 Å². The van der Waals surface area contributed by atoms with E-state index in [0.717, 1.165) is 10.9 Å². The van der Waals surface area contributed by atoms with Crippen LogP contribution in [0.2, 0.25) is 0 Å². The minimum Gasteiger partial charge on any atom is -0.497 e. The van der Waals surface area contributed by atoms with Crippen LogP contribution in [0.1, 0.15) is 5.56 Å². The lowest BCUT2D eigenvalue weighted by atomic mass is 10.0. The number of rotatable bonds is 2. The first kappa shape index (κ1) is 11.3. The van der Waals surface area contributed by atoms with Crippen molar-refractivity contribution < 1.29 is 14.3 Å². The van der Waals surface area contributed by atoms with Crippen molar-refractivity contribution in [1.82, 2.24) is 10.3 Å². The van der Waals surface area contributed by atoms with E-state index in [1.165, 1.54) is 0 Å². The molecule has 0 aliphatic carbocycles. The SMILES string of the molecule is COc1ccc2[nH]cc(C3=C(N)C(=O)NC3=O)c2c1. The highest BCUT2D eigenvalue weighted by molar-refractivity contribution is 6.37. The Morgan fingerprint density at radius 1 is 1.21 bits per heavy atom. The summed E-state index contributed by atoms with van der Waals surface area (Å²) >= 11 is 0. The fourth-order valence-corrected chi connectivity index (χ4v) is 2.17. The molecule has 0 atom stereocenters. The number of ether oxygens (including phenoxy) is 1. The standard InChI is InChI=1S/C13H11N3O3/c1-19-6-2-3-9-7(4-6)8(5-15-9)10-11(14)13(18)16-12(10)17/h2-5,15H,1H3,(H3,14,16,17,18). The monoisotopic (exact) mass is 257 g/mol. The Kier molecular flexibility index (Phi) is 2.31. The summed E-state index contributed by atoms with van der Waals surface area (Å²) in [6, 6.07) is 5.43. The number of H-pyrrole nitrogens is 1. The van der Waals surface area contributed by atoms with Crippen molar-refractivity contribution in [2.75, 3.05) is 7.11 Å². The average molecular weight is 257 g/mol. The Balaban J connectivity index is 2.26. The van der Waals surface area contributed by atoms with Gasteiger partial charge in [-0.3, -0.25) is 14.9 Å². The molecule has 1 aliphatic rings. The molecular weight excluding hydrogens is 246 g/mol. The van der Waals surface area contributed by atoms with Crippen LogP contribution in [0.25, 0.3) is 16.5 Å². The zero-order valence-corrected chi connectivity index (χ0v) is 10.1. The molecule has 4 N–H and O–H groups in total. The molecule has 0 saturated carbocycles. The molecule has 2 aromatic rings. The fraction of sp³-hybridized carbons (Fsp3) is 0.0769. The van der Waals surface area contributed by atoms with Gasteiger partial charge in [0, 0.05) is 22.7 Å². The Hall–Kier alpha value is -2.76. The van der Waals surface area contributed by atoms with E-state index < -0.39 is 11.8 Å². The molecule has 0 saturated heterocycles. The molecule has 96 valence electrons. The van der Waals surface area contributed by atoms with Crippen molar-refractivity contribution in [1.29, 1.82) is 0 Å². The van der Waals surface area contributed by atoms with Gasteiger partial charge in [-0.25, -0.2) is 0 Å². The van der Waals surface area contributed by atoms with Gasteiger partial charge in [0.1, 0.15) is 11.4 Å². The Bertz CT molecular complexity index is 743. The summed E-state index contributed by atoms with van der Waals surface area (Å²) in [4.78, 5) is 26.2. The van der Waals surface area contributed by atoms with Crippen LogP contribution in [0, 0.1) is 0 Å². The number of methoxy groups -OCH3 is 1. The number of nitrogens with one attached hydrogen (secondary N) is 2. The van der Waals surface area contributed by atoms with Crippen LogP contribution in [0.4, 0.5) is 0 Å². The number of imide groups is 1. The molecule has 19 heavy (non-hydrogen) atoms. The number of fused-ring (bicyclic) bond motifs is 1. The molecule has 6 heteroatoms. The van der Waals surface area contributed by atoms with Gasteiger partial charge in [-0.1, -0.05) is 0 Å². The Morgan fingerprint density at radius 2 is 2.00 bits per heavy atom. The number of hydrogen-bond acceptors (Lipinski definition) is 4. The topological polar surface area (TPSA) is 97.2 Å². The first-order chi connectivity index (χ1) is 9.11. The van der Waals surface area contributed by atoms with Crippen LogP contribution in [-0.2, 0) is 9.59 Å². The van der Waals surface area contributed by atoms with Crippen LogP contribution in [-0.4, -0.2) is 23.9 Å². The minimum absolute atomic E-state index is 0.0614. The van der Waals surface area contributed by atoms with Crippen molar-refractivity contribution in [3.05, 3.63) is 35.7 Å². The summed E-state index contributed by atoms with van der Waals surface area (Å²) in [7, 11) is 1.56. The molecule has 0 fully saturated rings. The van der Waals surface area contributed by atoms with Gasteiger partial charge in [-0.2, -0.15) is 0 Å². The van der Waals surface area contributed by atoms with E-state index in [0.29, 0.717) is 11.3 Å². The average Bonchev–Trinajstić information content (AvgIpc) is 2.91. The third-order valence-corrected chi connectivity index (χ3v) is 3.13. The van der Waals surface area contributed by atoms with Crippen molar-refractivity contribution >= 4 is 28.3 Å². The second-order valence-corrected chi connectivity index (χ2v) is 4.19. The number of aromatic amines is 1. The fourth-order valence-electron chi connectivity index (χ4n) is 2.17. The third-order valence-electron chi connectivity index (χ3n) is 3.13. The van der Waals surface area contributed by atoms with Crippen LogP contribution in [0.15, 0.2) is 30.1 Å². The van der Waals surface area contributed by atoms with Gasteiger partial charge in [0.2, 0.25) is 0 Å². The molecule has 3 rings (SSSR count). The van der Waals surface area contributed by atoms with Crippen LogP contribution >= 0.6 is 0 Å². The van der Waals surface area contributed by atoms with E-state index in [1.807, 2.05) is 6.07 Å². The number of carbonyl (C=O) groups excluding carboxylic acids is 2. The quantitative estimate of drug-likeness (QED) is 0.682. The first-order valence-corrected chi connectivity index (χ1v) is 5.62. The van der Waals surface area contributed by atoms with Gasteiger partial charge >= 0.3 is 0 Å². The maximum Gasteiger partial charge on any atom is 0.274 e. The lowest BCUT2D eigenvalue weighted by molar-refractivity contribution is -0.123. The smallest absolute Gasteiger partial charge is 0.274 e. The van der Waals surface area contributed by atoms with Crippen molar-refractivity contribution in [3.8, 4) is 5.75 Å². The Morgan fingerprint density at radius 3 is 2.63 bits per heavy atom. The van der Waals surface area contributed by atoms with E-state index in [4.69, 9.17) is 10.5 Å². The van der Waals surface area contributed by atoms with Crippen molar-refractivity contribution in [2.45, 2.75) is 0 Å². The first-order valence-electron chi connectivity index (χ1n) is 5.62. The largest absolute Gasteiger partial charge is 0.497 e.